The minimum absolute atomic E-state index is 0. The molecular weight excluding hydrogens is 390 g/mol. The quantitative estimate of drug-likeness (QED) is 0.304. The Hall–Kier alpha value is -1.23. The second kappa shape index (κ2) is 8.84. The Bertz CT molecular complexity index is 441. The average molecular weight is 405 g/mol. The molecule has 4 N–H and O–H groups in total. The SMILES string of the molecule is I.NC(=NCCCO)Nc1ccccc1OC(F)(F)F. The van der Waals surface area contributed by atoms with Crippen LogP contribution in [0.5, 0.6) is 5.75 Å². The third-order valence-corrected chi connectivity index (χ3v) is 1.97. The van der Waals surface area contributed by atoms with Crippen LogP contribution in [0.3, 0.4) is 0 Å². The number of para-hydroxylation sites is 2. The third-order valence-electron chi connectivity index (χ3n) is 1.97. The summed E-state index contributed by atoms with van der Waals surface area (Å²) in [6, 6.07) is 5.49. The van der Waals surface area contributed by atoms with Crippen molar-refractivity contribution < 1.29 is 23.0 Å². The number of nitrogens with zero attached hydrogens (tertiary/aromatic N) is 1. The smallest absolute Gasteiger partial charge is 0.404 e. The first kappa shape index (κ1) is 18.8. The van der Waals surface area contributed by atoms with Gasteiger partial charge in [0.2, 0.25) is 0 Å². The maximum Gasteiger partial charge on any atom is 0.573 e. The lowest BCUT2D eigenvalue weighted by Crippen LogP contribution is -2.24. The van der Waals surface area contributed by atoms with Gasteiger partial charge in [0.05, 0.1) is 5.69 Å². The van der Waals surface area contributed by atoms with Crippen molar-refractivity contribution in [2.45, 2.75) is 12.8 Å². The van der Waals surface area contributed by atoms with Gasteiger partial charge in [0, 0.05) is 13.2 Å². The summed E-state index contributed by atoms with van der Waals surface area (Å²) < 4.78 is 40.4. The van der Waals surface area contributed by atoms with Crippen LogP contribution in [0.4, 0.5) is 18.9 Å². The van der Waals surface area contributed by atoms with E-state index in [1.165, 1.54) is 18.2 Å². The van der Waals surface area contributed by atoms with Crippen molar-refractivity contribution in [1.82, 2.24) is 0 Å². The lowest BCUT2D eigenvalue weighted by atomic mass is 10.3. The van der Waals surface area contributed by atoms with E-state index in [1.807, 2.05) is 0 Å². The molecule has 0 spiro atoms. The topological polar surface area (TPSA) is 79.9 Å². The number of nitrogens with one attached hydrogen (secondary N) is 1. The summed E-state index contributed by atoms with van der Waals surface area (Å²) in [5.74, 6) is -0.443. The zero-order chi connectivity index (χ0) is 14.3. The Morgan fingerprint density at radius 1 is 1.35 bits per heavy atom. The lowest BCUT2D eigenvalue weighted by Gasteiger charge is -2.14. The van der Waals surface area contributed by atoms with Crippen molar-refractivity contribution in [2.24, 2.45) is 10.7 Å². The van der Waals surface area contributed by atoms with E-state index in [0.29, 0.717) is 6.42 Å². The van der Waals surface area contributed by atoms with E-state index >= 15 is 0 Å². The molecule has 0 aromatic heterocycles. The van der Waals surface area contributed by atoms with Gasteiger partial charge in [-0.05, 0) is 18.6 Å². The third kappa shape index (κ3) is 7.38. The van der Waals surface area contributed by atoms with Crippen molar-refractivity contribution in [2.75, 3.05) is 18.5 Å². The number of aliphatic hydroxyl groups excluding tert-OH is 1. The Balaban J connectivity index is 0.00000361. The maximum absolute atomic E-state index is 12.2. The molecule has 0 atom stereocenters. The second-order valence-corrected chi connectivity index (χ2v) is 3.51. The zero-order valence-electron chi connectivity index (χ0n) is 10.4. The highest BCUT2D eigenvalue weighted by atomic mass is 127. The van der Waals surface area contributed by atoms with Crippen LogP contribution >= 0.6 is 24.0 Å². The molecule has 5 nitrogen and oxygen atoms in total. The van der Waals surface area contributed by atoms with Gasteiger partial charge in [-0.3, -0.25) is 4.99 Å². The molecule has 0 bridgehead atoms. The number of aliphatic imine (C=N–C) groups is 1. The molecule has 0 unspecified atom stereocenters. The highest BCUT2D eigenvalue weighted by Crippen LogP contribution is 2.29. The van der Waals surface area contributed by atoms with Gasteiger partial charge in [-0.1, -0.05) is 12.1 Å². The number of benzene rings is 1. The van der Waals surface area contributed by atoms with Crippen LogP contribution in [-0.4, -0.2) is 30.6 Å². The first-order chi connectivity index (χ1) is 8.92. The van der Waals surface area contributed by atoms with Crippen molar-refractivity contribution in [3.63, 3.8) is 0 Å². The fourth-order valence-corrected chi connectivity index (χ4v) is 1.23. The number of halogens is 4. The first-order valence-corrected chi connectivity index (χ1v) is 5.45. The lowest BCUT2D eigenvalue weighted by molar-refractivity contribution is -0.274. The minimum atomic E-state index is -4.78. The first-order valence-electron chi connectivity index (χ1n) is 5.45. The number of guanidine groups is 1. The molecular formula is C11H15F3IN3O2. The van der Waals surface area contributed by atoms with Crippen molar-refractivity contribution in [3.8, 4) is 5.75 Å². The van der Waals surface area contributed by atoms with E-state index in [9.17, 15) is 13.2 Å². The molecule has 0 fully saturated rings. The van der Waals surface area contributed by atoms with Crippen molar-refractivity contribution in [3.05, 3.63) is 24.3 Å². The van der Waals surface area contributed by atoms with Crippen LogP contribution < -0.4 is 15.8 Å². The second-order valence-electron chi connectivity index (χ2n) is 3.51. The van der Waals surface area contributed by atoms with Crippen LogP contribution in [0.1, 0.15) is 6.42 Å². The Morgan fingerprint density at radius 2 is 2.00 bits per heavy atom. The van der Waals surface area contributed by atoms with E-state index in [1.54, 1.807) is 0 Å². The molecule has 0 saturated carbocycles. The van der Waals surface area contributed by atoms with Gasteiger partial charge in [0.15, 0.2) is 11.7 Å². The summed E-state index contributed by atoms with van der Waals surface area (Å²) in [6.45, 7) is 0.238. The molecule has 0 heterocycles. The van der Waals surface area contributed by atoms with Crippen LogP contribution in [0.25, 0.3) is 0 Å². The van der Waals surface area contributed by atoms with Gasteiger partial charge in [0.25, 0.3) is 0 Å². The number of nitrogens with two attached hydrogens (primary N) is 1. The van der Waals surface area contributed by atoms with E-state index in [-0.39, 0.29) is 48.8 Å². The summed E-state index contributed by atoms with van der Waals surface area (Å²) >= 11 is 0. The van der Waals surface area contributed by atoms with Gasteiger partial charge in [-0.25, -0.2) is 0 Å². The number of ether oxygens (including phenoxy) is 1. The fourth-order valence-electron chi connectivity index (χ4n) is 1.23. The molecule has 20 heavy (non-hydrogen) atoms. The normalized spacial score (nSPS) is 11.7. The average Bonchev–Trinajstić information content (AvgIpc) is 2.30. The highest BCUT2D eigenvalue weighted by molar-refractivity contribution is 14.0. The van der Waals surface area contributed by atoms with Crippen LogP contribution in [-0.2, 0) is 0 Å². The van der Waals surface area contributed by atoms with Gasteiger partial charge in [-0.15, -0.1) is 37.1 Å². The predicted molar refractivity (Wildman–Crippen MR) is 80.4 cm³/mol. The van der Waals surface area contributed by atoms with Crippen molar-refractivity contribution >= 4 is 35.6 Å². The van der Waals surface area contributed by atoms with Gasteiger partial charge in [0.1, 0.15) is 0 Å². The van der Waals surface area contributed by atoms with Crippen LogP contribution in [0.15, 0.2) is 29.3 Å². The molecule has 0 aliphatic heterocycles. The maximum atomic E-state index is 12.2. The van der Waals surface area contributed by atoms with Crippen LogP contribution in [0, 0.1) is 0 Å². The standard InChI is InChI=1S/C11H14F3N3O2.HI/c12-11(13,14)19-9-5-2-1-4-8(9)17-10(15)16-6-3-7-18;/h1-2,4-5,18H,3,6-7H2,(H3,15,16,17);1H. The van der Waals surface area contributed by atoms with Crippen LogP contribution in [0.2, 0.25) is 0 Å². The molecule has 0 aliphatic rings. The molecule has 114 valence electrons. The predicted octanol–water partition coefficient (Wildman–Crippen LogP) is 2.31. The molecule has 0 amide bonds. The Labute approximate surface area is 131 Å². The minimum Gasteiger partial charge on any atom is -0.404 e. The highest BCUT2D eigenvalue weighted by Gasteiger charge is 2.32. The van der Waals surface area contributed by atoms with E-state index in [0.717, 1.165) is 6.07 Å². The molecule has 0 saturated heterocycles. The Kier molecular flexibility index (Phi) is 8.30. The summed E-state index contributed by atoms with van der Waals surface area (Å²) in [7, 11) is 0. The summed E-state index contributed by atoms with van der Waals surface area (Å²) in [4.78, 5) is 3.83. The number of anilines is 1. The monoisotopic (exact) mass is 405 g/mol. The van der Waals surface area contributed by atoms with Gasteiger partial charge in [-0.2, -0.15) is 0 Å². The zero-order valence-corrected chi connectivity index (χ0v) is 12.7. The number of hydrogen-bond acceptors (Lipinski definition) is 3. The summed E-state index contributed by atoms with van der Waals surface area (Å²) in [5, 5.41) is 11.1. The summed E-state index contributed by atoms with van der Waals surface area (Å²) in [6.07, 6.45) is -4.36. The van der Waals surface area contributed by atoms with E-state index in [4.69, 9.17) is 10.8 Å². The number of rotatable bonds is 5. The molecule has 0 radical (unpaired) electrons. The fraction of sp³-hybridized carbons (Fsp3) is 0.364. The van der Waals surface area contributed by atoms with E-state index in [2.05, 4.69) is 15.0 Å². The number of aliphatic hydroxyl groups is 1. The largest absolute Gasteiger partial charge is 0.573 e. The van der Waals surface area contributed by atoms with Crippen molar-refractivity contribution in [1.29, 1.82) is 0 Å². The van der Waals surface area contributed by atoms with E-state index < -0.39 is 12.1 Å². The Morgan fingerprint density at radius 3 is 2.60 bits per heavy atom. The number of hydrogen-bond donors (Lipinski definition) is 3. The molecule has 1 aromatic carbocycles. The molecule has 0 aliphatic carbocycles. The summed E-state index contributed by atoms with van der Waals surface area (Å²) in [5.41, 5.74) is 5.56. The molecule has 1 rings (SSSR count). The molecule has 1 aromatic rings. The van der Waals surface area contributed by atoms with Gasteiger partial charge >= 0.3 is 6.36 Å². The number of alkyl halides is 3. The van der Waals surface area contributed by atoms with Gasteiger partial charge < -0.3 is 20.9 Å². The molecule has 9 heteroatoms.